The zero-order valence-electron chi connectivity index (χ0n) is 15.2. The monoisotopic (exact) mass is 381 g/mol. The quantitative estimate of drug-likeness (QED) is 0.423. The highest BCUT2D eigenvalue weighted by Crippen LogP contribution is 2.24. The zero-order valence-corrected chi connectivity index (χ0v) is 15.2. The Balaban J connectivity index is 1.54. The molecule has 0 radical (unpaired) electrons. The minimum Gasteiger partial charge on any atom is -0.363 e. The van der Waals surface area contributed by atoms with Crippen molar-refractivity contribution in [2.45, 2.75) is 6.54 Å². The van der Waals surface area contributed by atoms with Crippen LogP contribution in [0.25, 0.3) is 10.9 Å². The van der Waals surface area contributed by atoms with Crippen molar-refractivity contribution in [1.82, 2.24) is 19.9 Å². The highest BCUT2D eigenvalue weighted by atomic mass is 15.2. The first-order valence-corrected chi connectivity index (χ1v) is 8.70. The lowest BCUT2D eigenvalue weighted by Gasteiger charge is -2.11. The Morgan fingerprint density at radius 2 is 2.00 bits per heavy atom. The minimum atomic E-state index is 0.186. The number of anilines is 3. The van der Waals surface area contributed by atoms with E-state index < -0.39 is 0 Å². The van der Waals surface area contributed by atoms with E-state index in [1.54, 1.807) is 18.3 Å². The molecule has 4 aromatic rings. The summed E-state index contributed by atoms with van der Waals surface area (Å²) in [5.74, 6) is 1.02. The van der Waals surface area contributed by atoms with Gasteiger partial charge in [-0.25, -0.2) is 20.5 Å². The van der Waals surface area contributed by atoms with Crippen LogP contribution in [0.1, 0.15) is 11.3 Å². The summed E-state index contributed by atoms with van der Waals surface area (Å²) in [7, 11) is 0. The summed E-state index contributed by atoms with van der Waals surface area (Å²) in [4.78, 5) is 16.9. The Labute approximate surface area is 166 Å². The van der Waals surface area contributed by atoms with Gasteiger partial charge in [-0.2, -0.15) is 5.26 Å². The topological polar surface area (TPSA) is 136 Å². The van der Waals surface area contributed by atoms with Crippen LogP contribution in [0.2, 0.25) is 0 Å². The summed E-state index contributed by atoms with van der Waals surface area (Å²) >= 11 is 0. The van der Waals surface area contributed by atoms with Crippen molar-refractivity contribution < 1.29 is 0 Å². The maximum absolute atomic E-state index is 8.97. The van der Waals surface area contributed by atoms with Crippen molar-refractivity contribution in [2.24, 2.45) is 5.11 Å². The van der Waals surface area contributed by atoms with Gasteiger partial charge in [0.1, 0.15) is 11.8 Å². The van der Waals surface area contributed by atoms with E-state index in [0.717, 1.165) is 16.5 Å². The number of pyridine rings is 2. The lowest BCUT2D eigenvalue weighted by Crippen LogP contribution is -2.05. The van der Waals surface area contributed by atoms with Crippen molar-refractivity contribution in [2.75, 3.05) is 10.6 Å². The molecule has 0 aliphatic rings. The van der Waals surface area contributed by atoms with Gasteiger partial charge in [0.05, 0.1) is 11.7 Å². The fourth-order valence-corrected chi connectivity index (χ4v) is 2.78. The number of hydrogen-bond donors (Lipinski definition) is 3. The number of nitrogens with zero attached hydrogens (tertiary/aromatic N) is 6. The number of aromatic nitrogens is 4. The van der Waals surface area contributed by atoms with Crippen LogP contribution in [0.5, 0.6) is 0 Å². The van der Waals surface area contributed by atoms with E-state index in [-0.39, 0.29) is 5.82 Å². The van der Waals surface area contributed by atoms with Crippen LogP contribution in [0, 0.1) is 16.9 Å². The van der Waals surface area contributed by atoms with Gasteiger partial charge in [0.25, 0.3) is 0 Å². The molecular formula is C20H15N9. The molecule has 3 N–H and O–H groups in total. The maximum atomic E-state index is 8.97. The Kier molecular flexibility index (Phi) is 4.98. The first kappa shape index (κ1) is 17.9. The molecule has 0 aliphatic carbocycles. The number of benzene rings is 1. The number of nitriles is 1. The average Bonchev–Trinajstić information content (AvgIpc) is 2.78. The fraction of sp³-hybridized carbons (Fsp3) is 0.0500. The molecule has 3 aromatic heterocycles. The van der Waals surface area contributed by atoms with Gasteiger partial charge >= 0.3 is 0 Å². The van der Waals surface area contributed by atoms with E-state index in [1.165, 1.54) is 12.4 Å². The molecule has 0 aliphatic heterocycles. The van der Waals surface area contributed by atoms with E-state index >= 15 is 0 Å². The number of nitrogens with one attached hydrogen (secondary N) is 3. The van der Waals surface area contributed by atoms with Crippen molar-refractivity contribution in [1.29, 1.82) is 10.8 Å². The van der Waals surface area contributed by atoms with Crippen LogP contribution < -0.4 is 10.6 Å². The van der Waals surface area contributed by atoms with E-state index in [0.29, 0.717) is 29.6 Å². The average molecular weight is 381 g/mol. The summed E-state index contributed by atoms with van der Waals surface area (Å²) in [5, 5.41) is 19.7. The third-order valence-corrected chi connectivity index (χ3v) is 4.13. The van der Waals surface area contributed by atoms with Crippen LogP contribution in [-0.2, 0) is 6.54 Å². The maximum Gasteiger partial charge on any atom is 0.216 e. The first-order chi connectivity index (χ1) is 14.2. The number of fused-ring (bicyclic) bond motifs is 1. The normalized spacial score (nSPS) is 10.3. The summed E-state index contributed by atoms with van der Waals surface area (Å²) in [5.41, 5.74) is 10.3. The summed E-state index contributed by atoms with van der Waals surface area (Å²) in [6, 6.07) is 15.2. The highest BCUT2D eigenvalue weighted by molar-refractivity contribution is 5.79. The molecular weight excluding hydrogens is 366 g/mol. The molecule has 140 valence electrons. The summed E-state index contributed by atoms with van der Waals surface area (Å²) in [6.07, 6.45) is 4.78. The molecule has 0 spiro atoms. The number of rotatable bonds is 6. The molecule has 1 aromatic carbocycles. The van der Waals surface area contributed by atoms with Crippen LogP contribution in [-0.4, -0.2) is 19.9 Å². The molecule has 0 fully saturated rings. The molecule has 0 saturated carbocycles. The molecule has 0 amide bonds. The lowest BCUT2D eigenvalue weighted by molar-refractivity contribution is 1.03. The van der Waals surface area contributed by atoms with Crippen LogP contribution in [0.3, 0.4) is 0 Å². The molecule has 0 atom stereocenters. The van der Waals surface area contributed by atoms with Crippen molar-refractivity contribution in [3.63, 3.8) is 0 Å². The molecule has 0 saturated heterocycles. The smallest absolute Gasteiger partial charge is 0.216 e. The Morgan fingerprint density at radius 1 is 1.07 bits per heavy atom. The van der Waals surface area contributed by atoms with Crippen LogP contribution >= 0.6 is 0 Å². The van der Waals surface area contributed by atoms with Crippen molar-refractivity contribution >= 4 is 34.0 Å². The predicted molar refractivity (Wildman–Crippen MR) is 108 cm³/mol. The Bertz CT molecular complexity index is 1230. The second-order valence-corrected chi connectivity index (χ2v) is 6.09. The molecule has 3 heterocycles. The summed E-state index contributed by atoms with van der Waals surface area (Å²) < 4.78 is 0. The largest absolute Gasteiger partial charge is 0.363 e. The SMILES string of the molecule is N#Cc1cc(Nc2cnc(N=N)c(NCc3ccc4ncccc4c3)n2)ccn1. The van der Waals surface area contributed by atoms with Crippen LogP contribution in [0.4, 0.5) is 23.1 Å². The van der Waals surface area contributed by atoms with E-state index in [1.807, 2.05) is 36.4 Å². The van der Waals surface area contributed by atoms with Gasteiger partial charge in [-0.3, -0.25) is 4.98 Å². The van der Waals surface area contributed by atoms with Gasteiger partial charge in [-0.1, -0.05) is 12.1 Å². The van der Waals surface area contributed by atoms with Gasteiger partial charge in [-0.05, 0) is 35.9 Å². The number of hydrogen-bond acceptors (Lipinski definition) is 9. The van der Waals surface area contributed by atoms with E-state index in [9.17, 15) is 0 Å². The summed E-state index contributed by atoms with van der Waals surface area (Å²) in [6.45, 7) is 0.485. The predicted octanol–water partition coefficient (Wildman–Crippen LogP) is 4.31. The van der Waals surface area contributed by atoms with Gasteiger partial charge in [0.15, 0.2) is 11.6 Å². The van der Waals surface area contributed by atoms with Crippen molar-refractivity contribution in [3.05, 3.63) is 72.3 Å². The second kappa shape index (κ2) is 8.06. The van der Waals surface area contributed by atoms with Gasteiger partial charge in [0, 0.05) is 30.0 Å². The standard InChI is InChI=1S/C20H15N9/c21-10-16-9-15(5-7-23-16)27-18-12-26-20(29-22)19(28-18)25-11-13-3-4-17-14(8-13)2-1-6-24-17/h1-9,12,22H,11H2,(H2,23,25,27,28). The molecule has 0 unspecified atom stereocenters. The van der Waals surface area contributed by atoms with Gasteiger partial charge in [-0.15, -0.1) is 5.11 Å². The Hall–Kier alpha value is -4.45. The van der Waals surface area contributed by atoms with E-state index in [4.69, 9.17) is 10.8 Å². The first-order valence-electron chi connectivity index (χ1n) is 8.70. The third kappa shape index (κ3) is 4.12. The Morgan fingerprint density at radius 3 is 2.86 bits per heavy atom. The molecule has 9 heteroatoms. The zero-order chi connectivity index (χ0) is 20.1. The van der Waals surface area contributed by atoms with E-state index in [2.05, 4.69) is 35.7 Å². The molecule has 4 rings (SSSR count). The van der Waals surface area contributed by atoms with Crippen molar-refractivity contribution in [3.8, 4) is 6.07 Å². The lowest BCUT2D eigenvalue weighted by atomic mass is 10.1. The highest BCUT2D eigenvalue weighted by Gasteiger charge is 2.08. The van der Waals surface area contributed by atoms with Crippen LogP contribution in [0.15, 0.2) is 66.2 Å². The molecule has 0 bridgehead atoms. The fourth-order valence-electron chi connectivity index (χ4n) is 2.78. The van der Waals surface area contributed by atoms with Gasteiger partial charge < -0.3 is 10.6 Å². The third-order valence-electron chi connectivity index (χ3n) is 4.13. The molecule has 9 nitrogen and oxygen atoms in total. The second-order valence-electron chi connectivity index (χ2n) is 6.09. The molecule has 29 heavy (non-hydrogen) atoms. The minimum absolute atomic E-state index is 0.186. The van der Waals surface area contributed by atoms with Gasteiger partial charge in [0.2, 0.25) is 5.82 Å².